The molecular formula is C19H19FN4O2. The number of nitrogens with zero attached hydrogens (tertiary/aromatic N) is 2. The second-order valence-electron chi connectivity index (χ2n) is 5.54. The lowest BCUT2D eigenvalue weighted by Gasteiger charge is -2.12. The number of hydrogen-bond acceptors (Lipinski definition) is 6. The largest absolute Gasteiger partial charge is 0.493 e. The Morgan fingerprint density at radius 2 is 1.50 bits per heavy atom. The van der Waals surface area contributed by atoms with Crippen LogP contribution in [-0.2, 0) is 0 Å². The van der Waals surface area contributed by atoms with Crippen molar-refractivity contribution in [3.05, 3.63) is 60.0 Å². The Labute approximate surface area is 151 Å². The average Bonchev–Trinajstić information content (AvgIpc) is 2.63. The first-order valence-corrected chi connectivity index (χ1v) is 7.94. The Morgan fingerprint density at radius 3 is 2.19 bits per heavy atom. The molecule has 2 aromatic carbocycles. The second kappa shape index (κ2) is 7.69. The maximum atomic E-state index is 13.0. The van der Waals surface area contributed by atoms with Crippen LogP contribution in [0.3, 0.4) is 0 Å². The van der Waals surface area contributed by atoms with Gasteiger partial charge < -0.3 is 20.1 Å². The van der Waals surface area contributed by atoms with Gasteiger partial charge in [0.1, 0.15) is 11.6 Å². The Balaban J connectivity index is 1.82. The summed E-state index contributed by atoms with van der Waals surface area (Å²) in [6, 6.07) is 13.3. The summed E-state index contributed by atoms with van der Waals surface area (Å²) in [5, 5.41) is 6.28. The van der Waals surface area contributed by atoms with E-state index in [9.17, 15) is 4.39 Å². The number of rotatable bonds is 6. The predicted molar refractivity (Wildman–Crippen MR) is 99.3 cm³/mol. The minimum atomic E-state index is -0.295. The van der Waals surface area contributed by atoms with E-state index in [-0.39, 0.29) is 5.82 Å². The summed E-state index contributed by atoms with van der Waals surface area (Å²) in [5.41, 5.74) is 2.29. The highest BCUT2D eigenvalue weighted by molar-refractivity contribution is 5.63. The third-order valence-electron chi connectivity index (χ3n) is 3.61. The third-order valence-corrected chi connectivity index (χ3v) is 3.61. The molecule has 0 spiro atoms. The Kier molecular flexibility index (Phi) is 5.17. The molecule has 0 aliphatic heterocycles. The van der Waals surface area contributed by atoms with Crippen LogP contribution < -0.4 is 20.1 Å². The molecule has 0 saturated heterocycles. The SMILES string of the molecule is COc1ccc(Nc2cc(C)nc(Nc3ccc(F)cc3)n2)cc1OC. The molecule has 7 heteroatoms. The van der Waals surface area contributed by atoms with E-state index in [1.807, 2.05) is 31.2 Å². The first-order chi connectivity index (χ1) is 12.6. The molecule has 0 bridgehead atoms. The lowest BCUT2D eigenvalue weighted by molar-refractivity contribution is 0.355. The average molecular weight is 354 g/mol. The number of benzene rings is 2. The van der Waals surface area contributed by atoms with Crippen molar-refractivity contribution in [1.29, 1.82) is 0 Å². The fraction of sp³-hybridized carbons (Fsp3) is 0.158. The van der Waals surface area contributed by atoms with Crippen LogP contribution in [0, 0.1) is 12.7 Å². The van der Waals surface area contributed by atoms with Gasteiger partial charge in [0.25, 0.3) is 0 Å². The molecule has 0 aliphatic carbocycles. The van der Waals surface area contributed by atoms with Gasteiger partial charge in [-0.2, -0.15) is 4.98 Å². The molecule has 0 radical (unpaired) electrons. The quantitative estimate of drug-likeness (QED) is 0.683. The summed E-state index contributed by atoms with van der Waals surface area (Å²) in [5.74, 6) is 2.01. The van der Waals surface area contributed by atoms with Crippen molar-refractivity contribution >= 4 is 23.1 Å². The van der Waals surface area contributed by atoms with E-state index in [4.69, 9.17) is 9.47 Å². The molecule has 1 heterocycles. The van der Waals surface area contributed by atoms with Crippen molar-refractivity contribution in [3.63, 3.8) is 0 Å². The second-order valence-corrected chi connectivity index (χ2v) is 5.54. The van der Waals surface area contributed by atoms with Crippen LogP contribution in [0.15, 0.2) is 48.5 Å². The minimum Gasteiger partial charge on any atom is -0.493 e. The highest BCUT2D eigenvalue weighted by atomic mass is 19.1. The highest BCUT2D eigenvalue weighted by Crippen LogP contribution is 2.31. The van der Waals surface area contributed by atoms with E-state index in [1.54, 1.807) is 26.4 Å². The summed E-state index contributed by atoms with van der Waals surface area (Å²) >= 11 is 0. The van der Waals surface area contributed by atoms with Crippen LogP contribution >= 0.6 is 0 Å². The number of aryl methyl sites for hydroxylation is 1. The van der Waals surface area contributed by atoms with Crippen molar-refractivity contribution in [3.8, 4) is 11.5 Å². The van der Waals surface area contributed by atoms with E-state index in [1.165, 1.54) is 12.1 Å². The van der Waals surface area contributed by atoms with Gasteiger partial charge in [0.2, 0.25) is 5.95 Å². The van der Waals surface area contributed by atoms with Crippen molar-refractivity contribution < 1.29 is 13.9 Å². The van der Waals surface area contributed by atoms with Gasteiger partial charge in [0, 0.05) is 29.2 Å². The number of anilines is 4. The molecule has 0 fully saturated rings. The Bertz CT molecular complexity index is 901. The normalized spacial score (nSPS) is 10.3. The predicted octanol–water partition coefficient (Wildman–Crippen LogP) is 4.43. The van der Waals surface area contributed by atoms with Gasteiger partial charge in [0.05, 0.1) is 14.2 Å². The van der Waals surface area contributed by atoms with Gasteiger partial charge in [0.15, 0.2) is 11.5 Å². The zero-order valence-electron chi connectivity index (χ0n) is 14.7. The van der Waals surface area contributed by atoms with Crippen LogP contribution in [0.5, 0.6) is 11.5 Å². The van der Waals surface area contributed by atoms with Crippen molar-refractivity contribution in [1.82, 2.24) is 9.97 Å². The maximum Gasteiger partial charge on any atom is 0.229 e. The molecule has 0 saturated carbocycles. The summed E-state index contributed by atoms with van der Waals surface area (Å²) < 4.78 is 23.6. The Hall–Kier alpha value is -3.35. The highest BCUT2D eigenvalue weighted by Gasteiger charge is 2.07. The van der Waals surface area contributed by atoms with Crippen molar-refractivity contribution in [2.45, 2.75) is 6.92 Å². The monoisotopic (exact) mass is 354 g/mol. The van der Waals surface area contributed by atoms with Crippen molar-refractivity contribution in [2.24, 2.45) is 0 Å². The van der Waals surface area contributed by atoms with E-state index >= 15 is 0 Å². The first kappa shape index (κ1) is 17.5. The van der Waals surface area contributed by atoms with E-state index < -0.39 is 0 Å². The summed E-state index contributed by atoms with van der Waals surface area (Å²) in [6.07, 6.45) is 0. The molecule has 134 valence electrons. The number of ether oxygens (including phenoxy) is 2. The molecular weight excluding hydrogens is 335 g/mol. The molecule has 26 heavy (non-hydrogen) atoms. The van der Waals surface area contributed by atoms with Gasteiger partial charge in [-0.1, -0.05) is 0 Å². The van der Waals surface area contributed by atoms with Gasteiger partial charge in [-0.3, -0.25) is 0 Å². The molecule has 0 aliphatic rings. The summed E-state index contributed by atoms with van der Waals surface area (Å²) in [4.78, 5) is 8.80. The standard InChI is InChI=1S/C19H19FN4O2/c1-12-10-18(22-15-8-9-16(25-2)17(11-15)26-3)24-19(21-12)23-14-6-4-13(20)5-7-14/h4-11H,1-3H3,(H2,21,22,23,24). The summed E-state index contributed by atoms with van der Waals surface area (Å²) in [7, 11) is 3.17. The molecule has 0 unspecified atom stereocenters. The molecule has 3 rings (SSSR count). The van der Waals surface area contributed by atoms with Gasteiger partial charge in [-0.05, 0) is 43.3 Å². The number of aromatic nitrogens is 2. The molecule has 3 aromatic rings. The molecule has 0 atom stereocenters. The van der Waals surface area contributed by atoms with Gasteiger partial charge in [-0.25, -0.2) is 9.37 Å². The fourth-order valence-corrected chi connectivity index (χ4v) is 2.41. The summed E-state index contributed by atoms with van der Waals surface area (Å²) in [6.45, 7) is 1.87. The lowest BCUT2D eigenvalue weighted by atomic mass is 10.2. The topological polar surface area (TPSA) is 68.3 Å². The lowest BCUT2D eigenvalue weighted by Crippen LogP contribution is -2.02. The zero-order chi connectivity index (χ0) is 18.5. The minimum absolute atomic E-state index is 0.295. The van der Waals surface area contributed by atoms with Crippen LogP contribution in [-0.4, -0.2) is 24.2 Å². The van der Waals surface area contributed by atoms with Crippen LogP contribution in [0.25, 0.3) is 0 Å². The van der Waals surface area contributed by atoms with Gasteiger partial charge in [-0.15, -0.1) is 0 Å². The van der Waals surface area contributed by atoms with Crippen molar-refractivity contribution in [2.75, 3.05) is 24.9 Å². The molecule has 0 amide bonds. The number of hydrogen-bond donors (Lipinski definition) is 2. The number of nitrogens with one attached hydrogen (secondary N) is 2. The van der Waals surface area contributed by atoms with Crippen LogP contribution in [0.2, 0.25) is 0 Å². The van der Waals surface area contributed by atoms with E-state index in [0.717, 1.165) is 11.4 Å². The van der Waals surface area contributed by atoms with E-state index in [2.05, 4.69) is 20.6 Å². The van der Waals surface area contributed by atoms with Gasteiger partial charge >= 0.3 is 0 Å². The molecule has 1 aromatic heterocycles. The molecule has 2 N–H and O–H groups in total. The molecule has 6 nitrogen and oxygen atoms in total. The zero-order valence-corrected chi connectivity index (χ0v) is 14.7. The van der Waals surface area contributed by atoms with E-state index in [0.29, 0.717) is 29.0 Å². The third kappa shape index (κ3) is 4.18. The first-order valence-electron chi connectivity index (χ1n) is 7.94. The Morgan fingerprint density at radius 1 is 0.808 bits per heavy atom. The van der Waals surface area contributed by atoms with Crippen LogP contribution in [0.1, 0.15) is 5.69 Å². The number of methoxy groups -OCH3 is 2. The van der Waals surface area contributed by atoms with Crippen LogP contribution in [0.4, 0.5) is 27.5 Å². The smallest absolute Gasteiger partial charge is 0.229 e. The maximum absolute atomic E-state index is 13.0. The fourth-order valence-electron chi connectivity index (χ4n) is 2.41. The number of halogens is 1.